The van der Waals surface area contributed by atoms with Gasteiger partial charge in [-0.2, -0.15) is 0 Å². The topological polar surface area (TPSA) is 379 Å². The van der Waals surface area contributed by atoms with Crippen LogP contribution >= 0.6 is 0 Å². The minimum atomic E-state index is -0.248. The first kappa shape index (κ1) is 67.9. The van der Waals surface area contributed by atoms with Gasteiger partial charge in [0.15, 0.2) is 0 Å². The zero-order valence-electron chi connectivity index (χ0n) is 44.2. The Morgan fingerprint density at radius 1 is 0.247 bits per heavy atom. The molecule has 0 atom stereocenters. The molecule has 0 saturated carbocycles. The molecule has 0 saturated heterocycles. The Bertz CT molecular complexity index is 1440. The minimum Gasteiger partial charge on any atom is -0.356 e. The molecule has 9 amide bonds. The first-order valence-electron chi connectivity index (χ1n) is 26.3. The van der Waals surface area contributed by atoms with Gasteiger partial charge in [0.1, 0.15) is 0 Å². The van der Waals surface area contributed by atoms with Crippen molar-refractivity contribution >= 4 is 53.2 Å². The lowest BCUT2D eigenvalue weighted by Gasteiger charge is -2.24. The molecule has 73 heavy (non-hydrogen) atoms. The number of rotatable bonds is 48. The summed E-state index contributed by atoms with van der Waals surface area (Å²) in [6.45, 7) is 12.6. The summed E-state index contributed by atoms with van der Waals surface area (Å²) in [4.78, 5) is 121. The highest BCUT2D eigenvalue weighted by Gasteiger charge is 2.17. The van der Waals surface area contributed by atoms with E-state index in [-0.39, 0.29) is 137 Å². The van der Waals surface area contributed by atoms with E-state index in [1.165, 1.54) is 0 Å². The molecule has 0 rings (SSSR count). The second kappa shape index (κ2) is 46.7. The van der Waals surface area contributed by atoms with Crippen LogP contribution in [-0.2, 0) is 43.2 Å². The molecule has 0 fully saturated rings. The molecular formula is C47H95N17O9. The lowest BCUT2D eigenvalue weighted by Crippen LogP contribution is -2.42. The standard InChI is InChI=1S/C47H95N17O9/c1-3-5-39(65)57-23-35-61(27-6-40(66)52-18-4-2)32-11-45(71)60-26-38-64(33-12-46(72)58-24-36-62(28-7-41(67)53-19-14-48)29-8-42(68)54-20-15-49)34-13-47(73)59-25-37-63(30-9-43(69)55-21-16-50)31-10-44(70)56-22-17-51/h3-38,48-51H2,1-2H3,(H,52,66)(H,53,67)(H,54,68)(H,55,69)(H,56,70)(H,57,65)(H,58,72)(H,59,73)(H,60,71). The van der Waals surface area contributed by atoms with E-state index in [9.17, 15) is 43.2 Å². The molecule has 0 bridgehead atoms. The van der Waals surface area contributed by atoms with Crippen LogP contribution in [0, 0.1) is 0 Å². The van der Waals surface area contributed by atoms with Gasteiger partial charge in [-0.1, -0.05) is 13.8 Å². The monoisotopic (exact) mass is 1040 g/mol. The fourth-order valence-corrected chi connectivity index (χ4v) is 6.97. The molecule has 0 aromatic carbocycles. The second-order valence-corrected chi connectivity index (χ2v) is 17.4. The zero-order chi connectivity index (χ0) is 54.3. The minimum absolute atomic E-state index is 0.0540. The van der Waals surface area contributed by atoms with Crippen LogP contribution < -0.4 is 70.8 Å². The SMILES string of the molecule is CCCNC(=O)CCN(CCNC(=O)CCC)CCC(=O)NCCN(CCC(=O)NCCN(CCC(=O)NCCN)CCC(=O)NCCN)CCC(=O)NCCN(CCC(=O)NCCN)CCC(=O)NCCN. The number of nitrogens with one attached hydrogen (secondary N) is 9. The maximum Gasteiger partial charge on any atom is 0.221 e. The number of hydrogen-bond donors (Lipinski definition) is 13. The van der Waals surface area contributed by atoms with Gasteiger partial charge in [-0.05, 0) is 12.8 Å². The van der Waals surface area contributed by atoms with E-state index in [2.05, 4.69) is 47.9 Å². The first-order chi connectivity index (χ1) is 35.2. The van der Waals surface area contributed by atoms with Crippen molar-refractivity contribution < 1.29 is 43.2 Å². The van der Waals surface area contributed by atoms with Crippen LogP contribution in [0.2, 0.25) is 0 Å². The lowest BCUT2D eigenvalue weighted by molar-refractivity contribution is -0.123. The maximum atomic E-state index is 13.2. The van der Waals surface area contributed by atoms with E-state index >= 15 is 0 Å². The molecular weight excluding hydrogens is 947 g/mol. The van der Waals surface area contributed by atoms with Gasteiger partial charge in [0.2, 0.25) is 53.2 Å². The summed E-state index contributed by atoms with van der Waals surface area (Å²) in [5.74, 6) is -1.54. The molecule has 17 N–H and O–H groups in total. The van der Waals surface area contributed by atoms with Crippen molar-refractivity contribution in [1.82, 2.24) is 67.5 Å². The van der Waals surface area contributed by atoms with Crippen LogP contribution in [0.1, 0.15) is 84.5 Å². The molecule has 0 heterocycles. The number of carbonyl (C=O) groups excluding carboxylic acids is 9. The molecule has 0 unspecified atom stereocenters. The molecule has 0 aliphatic heterocycles. The number of carbonyl (C=O) groups is 9. The quantitative estimate of drug-likeness (QED) is 0.0270. The van der Waals surface area contributed by atoms with E-state index in [1.807, 2.05) is 33.4 Å². The smallest absolute Gasteiger partial charge is 0.221 e. The van der Waals surface area contributed by atoms with Gasteiger partial charge in [0.25, 0.3) is 0 Å². The third-order valence-corrected chi connectivity index (χ3v) is 11.2. The second-order valence-electron chi connectivity index (χ2n) is 17.4. The molecule has 26 heteroatoms. The third-order valence-electron chi connectivity index (χ3n) is 11.2. The average molecular weight is 1040 g/mol. The number of nitrogens with zero attached hydrogens (tertiary/aromatic N) is 4. The van der Waals surface area contributed by atoms with Crippen molar-refractivity contribution in [3.63, 3.8) is 0 Å². The zero-order valence-corrected chi connectivity index (χ0v) is 44.2. The fourth-order valence-electron chi connectivity index (χ4n) is 6.97. The van der Waals surface area contributed by atoms with Crippen molar-refractivity contribution in [2.75, 3.05) is 164 Å². The summed E-state index contributed by atoms with van der Waals surface area (Å²) in [5.41, 5.74) is 22.0. The molecule has 422 valence electrons. The van der Waals surface area contributed by atoms with Gasteiger partial charge in [-0.25, -0.2) is 0 Å². The Hall–Kier alpha value is -5.09. The van der Waals surface area contributed by atoms with Gasteiger partial charge in [-0.3, -0.25) is 43.2 Å². The predicted octanol–water partition coefficient (Wildman–Crippen LogP) is -5.59. The van der Waals surface area contributed by atoms with Gasteiger partial charge < -0.3 is 90.4 Å². The van der Waals surface area contributed by atoms with Crippen molar-refractivity contribution in [2.24, 2.45) is 22.9 Å². The number of amides is 9. The molecule has 0 aliphatic rings. The highest BCUT2D eigenvalue weighted by molar-refractivity contribution is 5.79. The maximum absolute atomic E-state index is 13.2. The Labute approximate surface area is 433 Å². The van der Waals surface area contributed by atoms with Gasteiger partial charge in [0.05, 0.1) is 0 Å². The highest BCUT2D eigenvalue weighted by atomic mass is 16.2. The average Bonchev–Trinajstić information content (AvgIpc) is 3.37. The molecule has 26 nitrogen and oxygen atoms in total. The summed E-state index contributed by atoms with van der Waals surface area (Å²) < 4.78 is 0. The van der Waals surface area contributed by atoms with Crippen LogP contribution in [0.25, 0.3) is 0 Å². The summed E-state index contributed by atoms with van der Waals surface area (Å²) in [6.07, 6.45) is 3.27. The van der Waals surface area contributed by atoms with E-state index < -0.39 is 0 Å². The fraction of sp³-hybridized carbons (Fsp3) is 0.809. The first-order valence-corrected chi connectivity index (χ1v) is 26.3. The van der Waals surface area contributed by atoms with Crippen LogP contribution in [-0.4, -0.2) is 236 Å². The number of hydrogen-bond acceptors (Lipinski definition) is 17. The summed E-state index contributed by atoms with van der Waals surface area (Å²) in [6, 6.07) is 0. The normalized spacial score (nSPS) is 11.1. The Morgan fingerprint density at radius 2 is 0.425 bits per heavy atom. The van der Waals surface area contributed by atoms with E-state index in [1.54, 1.807) is 0 Å². The molecule has 0 spiro atoms. The highest BCUT2D eigenvalue weighted by Crippen LogP contribution is 2.01. The third kappa shape index (κ3) is 42.0. The summed E-state index contributed by atoms with van der Waals surface area (Å²) >= 11 is 0. The van der Waals surface area contributed by atoms with Crippen LogP contribution in [0.15, 0.2) is 0 Å². The largest absolute Gasteiger partial charge is 0.356 e. The van der Waals surface area contributed by atoms with E-state index in [0.29, 0.717) is 137 Å². The van der Waals surface area contributed by atoms with Crippen molar-refractivity contribution in [2.45, 2.75) is 84.5 Å². The number of nitrogens with two attached hydrogens (primary N) is 4. The van der Waals surface area contributed by atoms with Gasteiger partial charge in [-0.15, -0.1) is 0 Å². The summed E-state index contributed by atoms with van der Waals surface area (Å²) in [5, 5.41) is 25.4. The molecule has 0 aromatic rings. The Balaban J connectivity index is 5.71. The van der Waals surface area contributed by atoms with Crippen LogP contribution in [0.3, 0.4) is 0 Å². The molecule has 0 aliphatic carbocycles. The van der Waals surface area contributed by atoms with Crippen LogP contribution in [0.5, 0.6) is 0 Å². The van der Waals surface area contributed by atoms with Crippen LogP contribution in [0.4, 0.5) is 0 Å². The Morgan fingerprint density at radius 3 is 0.603 bits per heavy atom. The van der Waals surface area contributed by atoms with Crippen molar-refractivity contribution in [1.29, 1.82) is 0 Å². The lowest BCUT2D eigenvalue weighted by atomic mass is 10.2. The van der Waals surface area contributed by atoms with Gasteiger partial charge >= 0.3 is 0 Å². The van der Waals surface area contributed by atoms with Gasteiger partial charge in [0, 0.05) is 221 Å². The van der Waals surface area contributed by atoms with Crippen molar-refractivity contribution in [3.8, 4) is 0 Å². The molecule has 0 aromatic heterocycles. The summed E-state index contributed by atoms with van der Waals surface area (Å²) in [7, 11) is 0. The Kier molecular flexibility index (Phi) is 43.4. The van der Waals surface area contributed by atoms with E-state index in [4.69, 9.17) is 22.9 Å². The predicted molar refractivity (Wildman–Crippen MR) is 281 cm³/mol. The van der Waals surface area contributed by atoms with Crippen molar-refractivity contribution in [3.05, 3.63) is 0 Å². The molecule has 0 radical (unpaired) electrons. The van der Waals surface area contributed by atoms with E-state index in [0.717, 1.165) is 12.8 Å².